The lowest BCUT2D eigenvalue weighted by molar-refractivity contribution is 0.187. The largest absolute Gasteiger partial charge is 0.330 e. The lowest BCUT2D eigenvalue weighted by Crippen LogP contribution is -2.44. The molecule has 13 heavy (non-hydrogen) atoms. The number of nitrogens with two attached hydrogens (primary N) is 2. The third kappa shape index (κ3) is 3.65. The van der Waals surface area contributed by atoms with Crippen molar-refractivity contribution in [3.05, 3.63) is 0 Å². The average Bonchev–Trinajstić information content (AvgIpc) is 2.14. The molecule has 0 aromatic rings. The van der Waals surface area contributed by atoms with Gasteiger partial charge in [0.15, 0.2) is 0 Å². The molecule has 0 heterocycles. The van der Waals surface area contributed by atoms with Crippen LogP contribution >= 0.6 is 0 Å². The molecule has 0 fully saturated rings. The molecule has 1 unspecified atom stereocenters. The van der Waals surface area contributed by atoms with Gasteiger partial charge in [0.05, 0.1) is 0 Å². The van der Waals surface area contributed by atoms with Crippen LogP contribution in [0.15, 0.2) is 0 Å². The first-order valence-electron chi connectivity index (χ1n) is 5.44. The van der Waals surface area contributed by atoms with Crippen molar-refractivity contribution >= 4 is 0 Å². The quantitative estimate of drug-likeness (QED) is 0.668. The Hall–Kier alpha value is -0.0800. The molecule has 0 saturated carbocycles. The molecule has 2 nitrogen and oxygen atoms in total. The summed E-state index contributed by atoms with van der Waals surface area (Å²) in [6, 6.07) is 0. The van der Waals surface area contributed by atoms with Crippen LogP contribution in [0.3, 0.4) is 0 Å². The third-order valence-corrected chi connectivity index (χ3v) is 3.52. The highest BCUT2D eigenvalue weighted by atomic mass is 14.7. The Morgan fingerprint density at radius 2 is 1.46 bits per heavy atom. The van der Waals surface area contributed by atoms with Crippen LogP contribution in [-0.2, 0) is 0 Å². The molecule has 0 bridgehead atoms. The van der Waals surface area contributed by atoms with Gasteiger partial charge in [-0.1, -0.05) is 20.8 Å². The predicted octanol–water partition coefficient (Wildman–Crippen LogP) is 2.27. The van der Waals surface area contributed by atoms with Gasteiger partial charge in [0.2, 0.25) is 0 Å². The molecule has 0 aromatic heterocycles. The molecular formula is C11H26N2. The molecule has 4 N–H and O–H groups in total. The molecule has 0 aliphatic carbocycles. The van der Waals surface area contributed by atoms with Crippen LogP contribution in [0.5, 0.6) is 0 Å². The highest BCUT2D eigenvalue weighted by molar-refractivity contribution is 4.89. The van der Waals surface area contributed by atoms with E-state index < -0.39 is 0 Å². The van der Waals surface area contributed by atoms with Crippen LogP contribution < -0.4 is 11.5 Å². The fourth-order valence-corrected chi connectivity index (χ4v) is 1.84. The Labute approximate surface area is 83.1 Å². The summed E-state index contributed by atoms with van der Waals surface area (Å²) in [6.07, 6.45) is 4.33. The number of hydrogen-bond donors (Lipinski definition) is 2. The summed E-state index contributed by atoms with van der Waals surface area (Å²) >= 11 is 0. The molecular weight excluding hydrogens is 160 g/mol. The first kappa shape index (κ1) is 12.9. The minimum atomic E-state index is -0.0502. The first-order chi connectivity index (χ1) is 5.95. The van der Waals surface area contributed by atoms with Crippen molar-refractivity contribution in [1.82, 2.24) is 0 Å². The number of hydrogen-bond acceptors (Lipinski definition) is 2. The fourth-order valence-electron chi connectivity index (χ4n) is 1.84. The zero-order valence-corrected chi connectivity index (χ0v) is 9.69. The maximum Gasteiger partial charge on any atom is 0.0129 e. The predicted molar refractivity (Wildman–Crippen MR) is 59.6 cm³/mol. The van der Waals surface area contributed by atoms with Gasteiger partial charge in [-0.25, -0.2) is 0 Å². The van der Waals surface area contributed by atoms with Gasteiger partial charge >= 0.3 is 0 Å². The van der Waals surface area contributed by atoms with E-state index in [0.717, 1.165) is 32.2 Å². The molecule has 0 rings (SSSR count). The summed E-state index contributed by atoms with van der Waals surface area (Å²) in [5.74, 6) is 0. The summed E-state index contributed by atoms with van der Waals surface area (Å²) in [7, 11) is 0. The molecule has 0 spiro atoms. The standard InChI is InChI=1S/C11H26N2/c1-5-10(4,13)8-11(6-2,7-3)9-12/h5-9,12-13H2,1-4H3. The van der Waals surface area contributed by atoms with Gasteiger partial charge in [-0.15, -0.1) is 0 Å². The van der Waals surface area contributed by atoms with Gasteiger partial charge in [0.1, 0.15) is 0 Å². The SMILES string of the molecule is CCC(C)(N)CC(CC)(CC)CN. The Morgan fingerprint density at radius 3 is 1.69 bits per heavy atom. The zero-order chi connectivity index (χ0) is 10.5. The smallest absolute Gasteiger partial charge is 0.0129 e. The van der Waals surface area contributed by atoms with Gasteiger partial charge in [0.25, 0.3) is 0 Å². The van der Waals surface area contributed by atoms with Crippen molar-refractivity contribution in [2.45, 2.75) is 58.9 Å². The summed E-state index contributed by atoms with van der Waals surface area (Å²) in [4.78, 5) is 0. The van der Waals surface area contributed by atoms with E-state index in [-0.39, 0.29) is 11.0 Å². The summed E-state index contributed by atoms with van der Waals surface area (Å²) in [6.45, 7) is 9.45. The summed E-state index contributed by atoms with van der Waals surface area (Å²) in [5.41, 5.74) is 12.2. The lowest BCUT2D eigenvalue weighted by atomic mass is 9.72. The van der Waals surface area contributed by atoms with E-state index in [2.05, 4.69) is 27.7 Å². The molecule has 2 heteroatoms. The van der Waals surface area contributed by atoms with Crippen LogP contribution in [0.1, 0.15) is 53.4 Å². The van der Waals surface area contributed by atoms with Crippen LogP contribution in [0.4, 0.5) is 0 Å². The molecule has 1 atom stereocenters. The highest BCUT2D eigenvalue weighted by Crippen LogP contribution is 2.34. The lowest BCUT2D eigenvalue weighted by Gasteiger charge is -2.37. The average molecular weight is 186 g/mol. The zero-order valence-electron chi connectivity index (χ0n) is 9.69. The van der Waals surface area contributed by atoms with E-state index in [1.807, 2.05) is 0 Å². The van der Waals surface area contributed by atoms with Gasteiger partial charge in [-0.3, -0.25) is 0 Å². The van der Waals surface area contributed by atoms with Gasteiger partial charge in [0, 0.05) is 5.54 Å². The van der Waals surface area contributed by atoms with Gasteiger partial charge in [-0.05, 0) is 44.6 Å². The van der Waals surface area contributed by atoms with E-state index in [1.54, 1.807) is 0 Å². The van der Waals surface area contributed by atoms with Crippen molar-refractivity contribution in [2.75, 3.05) is 6.54 Å². The Kier molecular flexibility index (Phi) is 4.93. The minimum absolute atomic E-state index is 0.0502. The van der Waals surface area contributed by atoms with E-state index in [1.165, 1.54) is 0 Å². The molecule has 0 aliphatic rings. The van der Waals surface area contributed by atoms with Crippen molar-refractivity contribution in [3.63, 3.8) is 0 Å². The minimum Gasteiger partial charge on any atom is -0.330 e. The number of rotatable bonds is 6. The van der Waals surface area contributed by atoms with Crippen LogP contribution in [-0.4, -0.2) is 12.1 Å². The second kappa shape index (κ2) is 4.97. The van der Waals surface area contributed by atoms with Crippen molar-refractivity contribution < 1.29 is 0 Å². The maximum atomic E-state index is 6.17. The van der Waals surface area contributed by atoms with E-state index in [9.17, 15) is 0 Å². The van der Waals surface area contributed by atoms with E-state index >= 15 is 0 Å². The summed E-state index contributed by atoms with van der Waals surface area (Å²) < 4.78 is 0. The fraction of sp³-hybridized carbons (Fsp3) is 1.00. The maximum absolute atomic E-state index is 6.17. The molecule has 0 radical (unpaired) electrons. The normalized spacial score (nSPS) is 17.1. The molecule has 0 aromatic carbocycles. The van der Waals surface area contributed by atoms with Crippen molar-refractivity contribution in [2.24, 2.45) is 16.9 Å². The van der Waals surface area contributed by atoms with Gasteiger partial charge in [-0.2, -0.15) is 0 Å². The molecule has 0 saturated heterocycles. The van der Waals surface area contributed by atoms with Crippen molar-refractivity contribution in [3.8, 4) is 0 Å². The highest BCUT2D eigenvalue weighted by Gasteiger charge is 2.31. The second-order valence-corrected chi connectivity index (χ2v) is 4.60. The first-order valence-corrected chi connectivity index (χ1v) is 5.44. The third-order valence-electron chi connectivity index (χ3n) is 3.52. The Balaban J connectivity index is 4.41. The molecule has 0 amide bonds. The molecule has 80 valence electrons. The van der Waals surface area contributed by atoms with Crippen LogP contribution in [0, 0.1) is 5.41 Å². The van der Waals surface area contributed by atoms with E-state index in [4.69, 9.17) is 11.5 Å². The van der Waals surface area contributed by atoms with Crippen LogP contribution in [0.2, 0.25) is 0 Å². The van der Waals surface area contributed by atoms with Crippen molar-refractivity contribution in [1.29, 1.82) is 0 Å². The second-order valence-electron chi connectivity index (χ2n) is 4.60. The topological polar surface area (TPSA) is 52.0 Å². The molecule has 0 aliphatic heterocycles. The monoisotopic (exact) mass is 186 g/mol. The van der Waals surface area contributed by atoms with Crippen LogP contribution in [0.25, 0.3) is 0 Å². The van der Waals surface area contributed by atoms with E-state index in [0.29, 0.717) is 0 Å². The summed E-state index contributed by atoms with van der Waals surface area (Å²) in [5, 5.41) is 0. The Morgan fingerprint density at radius 1 is 1.00 bits per heavy atom. The Bertz CT molecular complexity index is 129. The van der Waals surface area contributed by atoms with Gasteiger partial charge < -0.3 is 11.5 Å².